The Morgan fingerprint density at radius 2 is 2.08 bits per heavy atom. The maximum atomic E-state index is 9.74. The lowest BCUT2D eigenvalue weighted by Gasteiger charge is -2.28. The van der Waals surface area contributed by atoms with Gasteiger partial charge in [-0.05, 0) is 30.5 Å². The van der Waals surface area contributed by atoms with Crippen molar-refractivity contribution in [2.45, 2.75) is 31.1 Å². The Balaban J connectivity index is 1.31. The van der Waals surface area contributed by atoms with Crippen LogP contribution in [0.2, 0.25) is 0 Å². The lowest BCUT2D eigenvalue weighted by Crippen LogP contribution is -2.37. The lowest BCUT2D eigenvalue weighted by molar-refractivity contribution is 0.000456. The monoisotopic (exact) mass is 341 g/mol. The molecule has 0 amide bonds. The van der Waals surface area contributed by atoms with Crippen LogP contribution >= 0.6 is 11.3 Å². The average Bonchev–Trinajstić information content (AvgIpc) is 3.35. The van der Waals surface area contributed by atoms with Crippen LogP contribution in [-0.4, -0.2) is 41.4 Å². The second-order valence-electron chi connectivity index (χ2n) is 7.51. The van der Waals surface area contributed by atoms with E-state index in [4.69, 9.17) is 4.74 Å². The molecule has 4 atom stereocenters. The van der Waals surface area contributed by atoms with E-state index in [1.165, 1.54) is 21.7 Å². The van der Waals surface area contributed by atoms with Gasteiger partial charge in [-0.25, -0.2) is 0 Å². The Morgan fingerprint density at radius 1 is 1.21 bits per heavy atom. The molecule has 1 spiro atoms. The van der Waals surface area contributed by atoms with Crippen molar-refractivity contribution in [1.29, 1.82) is 0 Å². The van der Waals surface area contributed by atoms with Gasteiger partial charge in [0.05, 0.1) is 11.7 Å². The summed E-state index contributed by atoms with van der Waals surface area (Å²) in [6, 6.07) is 15.1. The van der Waals surface area contributed by atoms with E-state index in [1.54, 1.807) is 0 Å². The molecule has 0 radical (unpaired) electrons. The van der Waals surface area contributed by atoms with Crippen molar-refractivity contribution in [1.82, 2.24) is 4.90 Å². The molecule has 3 saturated heterocycles. The third-order valence-corrected chi connectivity index (χ3v) is 7.28. The third-order valence-electron chi connectivity index (χ3n) is 6.16. The van der Waals surface area contributed by atoms with Crippen molar-refractivity contribution < 1.29 is 9.84 Å². The van der Waals surface area contributed by atoms with Crippen molar-refractivity contribution in [3.05, 3.63) is 47.3 Å². The van der Waals surface area contributed by atoms with Crippen LogP contribution in [0.5, 0.6) is 0 Å². The number of benzene rings is 1. The topological polar surface area (TPSA) is 32.7 Å². The van der Waals surface area contributed by atoms with Crippen molar-refractivity contribution >= 4 is 11.3 Å². The van der Waals surface area contributed by atoms with Crippen LogP contribution in [-0.2, 0) is 11.3 Å². The largest absolute Gasteiger partial charge is 0.396 e. The summed E-state index contributed by atoms with van der Waals surface area (Å²) in [6.45, 7) is 3.38. The van der Waals surface area contributed by atoms with Crippen LogP contribution in [0.3, 0.4) is 0 Å². The maximum absolute atomic E-state index is 9.74. The molecule has 2 aromatic rings. The Kier molecular flexibility index (Phi) is 3.56. The number of nitrogens with zero attached hydrogens (tertiary/aromatic N) is 1. The molecule has 126 valence electrons. The molecule has 4 heteroatoms. The van der Waals surface area contributed by atoms with Crippen molar-refractivity contribution in [3.8, 4) is 10.4 Å². The van der Waals surface area contributed by atoms with Gasteiger partial charge in [-0.3, -0.25) is 4.90 Å². The molecule has 3 aliphatic heterocycles. The molecule has 0 aliphatic carbocycles. The van der Waals surface area contributed by atoms with Crippen molar-refractivity contribution in [2.24, 2.45) is 11.8 Å². The predicted molar refractivity (Wildman–Crippen MR) is 95.9 cm³/mol. The van der Waals surface area contributed by atoms with Crippen LogP contribution in [0.1, 0.15) is 17.7 Å². The van der Waals surface area contributed by atoms with E-state index in [0.717, 1.165) is 26.1 Å². The van der Waals surface area contributed by atoms with Gasteiger partial charge in [0, 0.05) is 47.8 Å². The van der Waals surface area contributed by atoms with Crippen LogP contribution in [0, 0.1) is 11.8 Å². The number of hydrogen-bond acceptors (Lipinski definition) is 4. The van der Waals surface area contributed by atoms with Gasteiger partial charge in [-0.2, -0.15) is 0 Å². The van der Waals surface area contributed by atoms with Crippen LogP contribution in [0.15, 0.2) is 42.5 Å². The summed E-state index contributed by atoms with van der Waals surface area (Å²) < 4.78 is 6.33. The van der Waals surface area contributed by atoms with Gasteiger partial charge in [-0.15, -0.1) is 11.3 Å². The summed E-state index contributed by atoms with van der Waals surface area (Å²) in [7, 11) is 0. The first-order chi connectivity index (χ1) is 11.8. The minimum Gasteiger partial charge on any atom is -0.396 e. The third kappa shape index (κ3) is 2.28. The second-order valence-corrected chi connectivity index (χ2v) is 8.68. The van der Waals surface area contributed by atoms with Gasteiger partial charge >= 0.3 is 0 Å². The number of aliphatic hydroxyl groups excluding tert-OH is 1. The zero-order chi connectivity index (χ0) is 16.1. The minimum absolute atomic E-state index is 0.0393. The quantitative estimate of drug-likeness (QED) is 0.925. The molecule has 1 N–H and O–H groups in total. The molecule has 5 rings (SSSR count). The summed E-state index contributed by atoms with van der Waals surface area (Å²) in [5.74, 6) is 0.877. The van der Waals surface area contributed by atoms with Gasteiger partial charge in [0.1, 0.15) is 0 Å². The van der Waals surface area contributed by atoms with E-state index in [1.807, 2.05) is 11.3 Å². The number of thiophene rings is 1. The Labute approximate surface area is 146 Å². The first kappa shape index (κ1) is 15.1. The first-order valence-electron chi connectivity index (χ1n) is 8.93. The zero-order valence-electron chi connectivity index (χ0n) is 13.7. The summed E-state index contributed by atoms with van der Waals surface area (Å²) in [5.41, 5.74) is 1.34. The fourth-order valence-electron chi connectivity index (χ4n) is 5.09. The molecule has 24 heavy (non-hydrogen) atoms. The van der Waals surface area contributed by atoms with Gasteiger partial charge in [0.2, 0.25) is 0 Å². The Bertz CT molecular complexity index is 730. The highest BCUT2D eigenvalue weighted by Crippen LogP contribution is 2.54. The standard InChI is InChI=1S/C20H23NO2S/c22-12-16-17-11-21(13-20(17)9-8-18(16)23-20)10-15-6-7-19(24-15)14-4-2-1-3-5-14/h1-7,16-18,22H,8-13H2/t16-,17+,18+,20+/m1/s1. The number of hydrogen-bond donors (Lipinski definition) is 1. The SMILES string of the molecule is OC[C@H]1[C@@H]2CC[C@@]3(CN(Cc4ccc(-c5ccccc5)s4)C[C@@H]13)O2. The molecule has 1 aromatic heterocycles. The smallest absolute Gasteiger partial charge is 0.0858 e. The summed E-state index contributed by atoms with van der Waals surface area (Å²) >= 11 is 1.89. The van der Waals surface area contributed by atoms with Crippen LogP contribution in [0.25, 0.3) is 10.4 Å². The van der Waals surface area contributed by atoms with E-state index in [0.29, 0.717) is 17.9 Å². The molecule has 4 heterocycles. The summed E-state index contributed by atoms with van der Waals surface area (Å²) in [5, 5.41) is 9.74. The van der Waals surface area contributed by atoms with Gasteiger partial charge in [0.15, 0.2) is 0 Å². The van der Waals surface area contributed by atoms with Crippen molar-refractivity contribution in [3.63, 3.8) is 0 Å². The Hall–Kier alpha value is -1.20. The fraction of sp³-hybridized carbons (Fsp3) is 0.500. The molecular formula is C20H23NO2S. The molecular weight excluding hydrogens is 318 g/mol. The summed E-state index contributed by atoms with van der Waals surface area (Å²) in [6.07, 6.45) is 2.62. The highest BCUT2D eigenvalue weighted by Gasteiger charge is 2.62. The van der Waals surface area contributed by atoms with E-state index >= 15 is 0 Å². The highest BCUT2D eigenvalue weighted by molar-refractivity contribution is 7.15. The summed E-state index contributed by atoms with van der Waals surface area (Å²) in [4.78, 5) is 5.30. The lowest BCUT2D eigenvalue weighted by atomic mass is 9.74. The Morgan fingerprint density at radius 3 is 2.92 bits per heavy atom. The normalized spacial score (nSPS) is 34.8. The van der Waals surface area contributed by atoms with Crippen LogP contribution < -0.4 is 0 Å². The molecule has 0 unspecified atom stereocenters. The second kappa shape index (κ2) is 5.67. The number of rotatable bonds is 4. The van der Waals surface area contributed by atoms with E-state index in [9.17, 15) is 5.11 Å². The van der Waals surface area contributed by atoms with E-state index in [-0.39, 0.29) is 12.2 Å². The fourth-order valence-corrected chi connectivity index (χ4v) is 6.15. The van der Waals surface area contributed by atoms with Gasteiger partial charge < -0.3 is 9.84 Å². The van der Waals surface area contributed by atoms with Crippen molar-refractivity contribution in [2.75, 3.05) is 19.7 Å². The number of likely N-dealkylation sites (tertiary alicyclic amines) is 1. The van der Waals surface area contributed by atoms with Gasteiger partial charge in [-0.1, -0.05) is 30.3 Å². The highest BCUT2D eigenvalue weighted by atomic mass is 32.1. The molecule has 0 saturated carbocycles. The average molecular weight is 341 g/mol. The predicted octanol–water partition coefficient (Wildman–Crippen LogP) is 3.39. The molecule has 3 nitrogen and oxygen atoms in total. The number of ether oxygens (including phenoxy) is 1. The molecule has 2 bridgehead atoms. The number of fused-ring (bicyclic) bond motifs is 1. The zero-order valence-corrected chi connectivity index (χ0v) is 14.5. The molecule has 1 aromatic carbocycles. The van der Waals surface area contributed by atoms with E-state index < -0.39 is 0 Å². The van der Waals surface area contributed by atoms with Gasteiger partial charge in [0.25, 0.3) is 0 Å². The molecule has 3 fully saturated rings. The maximum Gasteiger partial charge on any atom is 0.0858 e. The van der Waals surface area contributed by atoms with Crippen LogP contribution in [0.4, 0.5) is 0 Å². The number of aliphatic hydroxyl groups is 1. The van der Waals surface area contributed by atoms with E-state index in [2.05, 4.69) is 47.4 Å². The first-order valence-corrected chi connectivity index (χ1v) is 9.74. The molecule has 3 aliphatic rings. The minimum atomic E-state index is 0.0393.